The fourth-order valence-electron chi connectivity index (χ4n) is 1.90. The largest absolute Gasteiger partial charge is 0.433 e. The Kier molecular flexibility index (Phi) is 4.98. The Hall–Kier alpha value is -2.49. The van der Waals surface area contributed by atoms with Crippen LogP contribution >= 0.6 is 35.0 Å². The number of halogens is 2. The molecule has 0 amide bonds. The molecule has 1 aromatic carbocycles. The number of furan rings is 1. The van der Waals surface area contributed by atoms with Crippen LogP contribution in [0.1, 0.15) is 5.76 Å². The van der Waals surface area contributed by atoms with E-state index in [0.717, 1.165) is 0 Å². The summed E-state index contributed by atoms with van der Waals surface area (Å²) in [6, 6.07) is 7.72. The van der Waals surface area contributed by atoms with Gasteiger partial charge in [0.05, 0.1) is 11.1 Å². The number of aromatic nitrogens is 3. The van der Waals surface area contributed by atoms with Crippen molar-refractivity contribution in [3.63, 3.8) is 0 Å². The van der Waals surface area contributed by atoms with E-state index in [9.17, 15) is 10.1 Å². The van der Waals surface area contributed by atoms with Gasteiger partial charge in [0, 0.05) is 10.6 Å². The minimum atomic E-state index is -0.608. The van der Waals surface area contributed by atoms with E-state index < -0.39 is 4.92 Å². The Morgan fingerprint density at radius 2 is 2.08 bits per heavy atom. The molecule has 0 aliphatic carbocycles. The second kappa shape index (κ2) is 7.18. The minimum absolute atomic E-state index is 0.327. The molecule has 2 aromatic heterocycles. The van der Waals surface area contributed by atoms with E-state index in [0.29, 0.717) is 32.3 Å². The van der Waals surface area contributed by atoms with Gasteiger partial charge >= 0.3 is 5.88 Å². The first-order chi connectivity index (χ1) is 12.0. The number of hydrogen-bond donors (Lipinski definition) is 1. The lowest BCUT2D eigenvalue weighted by atomic mass is 10.2. The Morgan fingerprint density at radius 1 is 1.28 bits per heavy atom. The number of nitrogens with two attached hydrogens (primary N) is 1. The third-order valence-corrected chi connectivity index (χ3v) is 4.34. The van der Waals surface area contributed by atoms with Crippen LogP contribution in [0.2, 0.25) is 10.0 Å². The summed E-state index contributed by atoms with van der Waals surface area (Å²) in [5, 5.41) is 21.5. The first-order valence-electron chi connectivity index (χ1n) is 6.69. The fraction of sp³-hybridized carbons (Fsp3) is 0. The van der Waals surface area contributed by atoms with E-state index in [1.165, 1.54) is 28.6 Å². The molecule has 0 atom stereocenters. The molecule has 0 radical (unpaired) electrons. The number of nitrogens with zero attached hydrogens (tertiary/aromatic N) is 4. The topological polar surface area (TPSA) is 113 Å². The van der Waals surface area contributed by atoms with E-state index in [4.69, 9.17) is 33.5 Å². The molecule has 8 nitrogen and oxygen atoms in total. The van der Waals surface area contributed by atoms with Crippen molar-refractivity contribution in [2.75, 3.05) is 5.84 Å². The van der Waals surface area contributed by atoms with E-state index in [1.807, 2.05) is 0 Å². The van der Waals surface area contributed by atoms with Gasteiger partial charge in [-0.1, -0.05) is 35.0 Å². The number of hydrogen-bond acceptors (Lipinski definition) is 7. The second-order valence-electron chi connectivity index (χ2n) is 4.65. The maximum absolute atomic E-state index is 10.6. The van der Waals surface area contributed by atoms with Crippen molar-refractivity contribution in [2.45, 2.75) is 5.16 Å². The van der Waals surface area contributed by atoms with Crippen molar-refractivity contribution in [3.8, 4) is 11.4 Å². The van der Waals surface area contributed by atoms with Crippen molar-refractivity contribution in [1.82, 2.24) is 14.9 Å². The van der Waals surface area contributed by atoms with Crippen LogP contribution in [0.3, 0.4) is 0 Å². The van der Waals surface area contributed by atoms with Gasteiger partial charge in [-0.3, -0.25) is 10.1 Å². The van der Waals surface area contributed by atoms with Crippen LogP contribution < -0.4 is 5.84 Å². The highest BCUT2D eigenvalue weighted by molar-refractivity contribution is 8.02. The van der Waals surface area contributed by atoms with Crippen molar-refractivity contribution in [3.05, 3.63) is 61.7 Å². The van der Waals surface area contributed by atoms with Crippen LogP contribution in [0.5, 0.6) is 0 Å². The number of benzene rings is 1. The van der Waals surface area contributed by atoms with Gasteiger partial charge in [-0.25, -0.2) is 4.68 Å². The monoisotopic (exact) mass is 397 g/mol. The van der Waals surface area contributed by atoms with Crippen LogP contribution in [-0.2, 0) is 0 Å². The van der Waals surface area contributed by atoms with Crippen molar-refractivity contribution < 1.29 is 9.34 Å². The highest BCUT2D eigenvalue weighted by Gasteiger charge is 2.15. The van der Waals surface area contributed by atoms with Crippen LogP contribution in [0, 0.1) is 10.1 Å². The summed E-state index contributed by atoms with van der Waals surface area (Å²) >= 11 is 13.2. The van der Waals surface area contributed by atoms with Crippen molar-refractivity contribution in [1.29, 1.82) is 0 Å². The molecule has 0 saturated carbocycles. The summed E-state index contributed by atoms with van der Waals surface area (Å²) in [7, 11) is 0. The Balaban J connectivity index is 1.77. The minimum Gasteiger partial charge on any atom is -0.401 e. The molecule has 25 heavy (non-hydrogen) atoms. The van der Waals surface area contributed by atoms with Gasteiger partial charge in [-0.2, -0.15) is 0 Å². The molecule has 0 bridgehead atoms. The lowest BCUT2D eigenvalue weighted by molar-refractivity contribution is -0.402. The lowest BCUT2D eigenvalue weighted by Gasteiger charge is -2.04. The average Bonchev–Trinajstić information content (AvgIpc) is 3.16. The molecule has 0 aliphatic rings. The van der Waals surface area contributed by atoms with Gasteiger partial charge in [-0.15, -0.1) is 10.2 Å². The maximum Gasteiger partial charge on any atom is 0.433 e. The molecule has 3 rings (SSSR count). The van der Waals surface area contributed by atoms with Gasteiger partial charge < -0.3 is 10.3 Å². The first kappa shape index (κ1) is 17.3. The van der Waals surface area contributed by atoms with Crippen molar-refractivity contribution >= 4 is 46.9 Å². The average molecular weight is 398 g/mol. The van der Waals surface area contributed by atoms with Gasteiger partial charge in [-0.05, 0) is 35.7 Å². The molecule has 0 saturated heterocycles. The molecule has 11 heteroatoms. The normalized spacial score (nSPS) is 11.3. The zero-order chi connectivity index (χ0) is 18.0. The van der Waals surface area contributed by atoms with E-state index in [1.54, 1.807) is 29.7 Å². The molecule has 2 N–H and O–H groups in total. The quantitative estimate of drug-likeness (QED) is 0.296. The summed E-state index contributed by atoms with van der Waals surface area (Å²) in [6.07, 6.45) is 1.56. The molecule has 0 fully saturated rings. The third kappa shape index (κ3) is 3.78. The molecule has 3 aromatic rings. The number of thioether (sulfide) groups is 1. The third-order valence-electron chi connectivity index (χ3n) is 3.03. The van der Waals surface area contributed by atoms with Gasteiger partial charge in [0.2, 0.25) is 5.16 Å². The highest BCUT2D eigenvalue weighted by Crippen LogP contribution is 2.30. The van der Waals surface area contributed by atoms with Crippen LogP contribution in [-0.4, -0.2) is 19.8 Å². The van der Waals surface area contributed by atoms with E-state index >= 15 is 0 Å². The van der Waals surface area contributed by atoms with Crippen LogP contribution in [0.25, 0.3) is 17.5 Å². The Morgan fingerprint density at radius 3 is 2.76 bits per heavy atom. The van der Waals surface area contributed by atoms with Gasteiger partial charge in [0.25, 0.3) is 0 Å². The maximum atomic E-state index is 10.6. The molecule has 0 aliphatic heterocycles. The number of nitrogen functional groups attached to an aromatic ring is 1. The van der Waals surface area contributed by atoms with Gasteiger partial charge in [0.15, 0.2) is 5.82 Å². The molecule has 2 heterocycles. The zero-order valence-electron chi connectivity index (χ0n) is 12.3. The molecular formula is C14H9Cl2N5O3S. The van der Waals surface area contributed by atoms with E-state index in [-0.39, 0.29) is 5.88 Å². The fourth-order valence-corrected chi connectivity index (χ4v) is 3.01. The predicted octanol–water partition coefficient (Wildman–Crippen LogP) is 4.23. The predicted molar refractivity (Wildman–Crippen MR) is 95.9 cm³/mol. The SMILES string of the molecule is Nn1c(S/C=C/c2ccc([N+](=O)[O-])o2)nnc1-c1ccc(Cl)cc1Cl. The summed E-state index contributed by atoms with van der Waals surface area (Å²) in [5.74, 6) is 6.39. The summed E-state index contributed by atoms with van der Waals surface area (Å²) in [5.41, 5.74) is 0.596. The highest BCUT2D eigenvalue weighted by atomic mass is 35.5. The number of nitro groups is 1. The molecule has 0 unspecified atom stereocenters. The molecule has 128 valence electrons. The Labute approximate surface area is 155 Å². The second-order valence-corrected chi connectivity index (χ2v) is 6.37. The van der Waals surface area contributed by atoms with Crippen LogP contribution in [0.15, 0.2) is 45.3 Å². The Bertz CT molecular complexity index is 969. The smallest absolute Gasteiger partial charge is 0.401 e. The number of rotatable bonds is 5. The summed E-state index contributed by atoms with van der Waals surface area (Å²) in [6.45, 7) is 0. The molecule has 0 spiro atoms. The van der Waals surface area contributed by atoms with Crippen LogP contribution in [0.4, 0.5) is 5.88 Å². The molecular weight excluding hydrogens is 389 g/mol. The van der Waals surface area contributed by atoms with Gasteiger partial charge in [0.1, 0.15) is 10.7 Å². The summed E-state index contributed by atoms with van der Waals surface area (Å²) < 4.78 is 6.30. The summed E-state index contributed by atoms with van der Waals surface area (Å²) in [4.78, 5) is 9.96. The van der Waals surface area contributed by atoms with E-state index in [2.05, 4.69) is 10.2 Å². The first-order valence-corrected chi connectivity index (χ1v) is 8.32. The zero-order valence-corrected chi connectivity index (χ0v) is 14.6. The van der Waals surface area contributed by atoms with Crippen molar-refractivity contribution in [2.24, 2.45) is 0 Å². The standard InChI is InChI=1S/C14H9Cl2N5O3S/c15-8-1-3-10(11(16)7-8)13-18-19-14(20(13)17)25-6-5-9-2-4-12(24-9)21(22)23/h1-7H,17H2/b6-5+. The lowest BCUT2D eigenvalue weighted by Crippen LogP contribution is -2.11.